The van der Waals surface area contributed by atoms with Crippen molar-refractivity contribution in [3.63, 3.8) is 0 Å². The number of ether oxygens (including phenoxy) is 1. The van der Waals surface area contributed by atoms with E-state index in [4.69, 9.17) is 16.3 Å². The number of hydrogen-bond donors (Lipinski definition) is 1. The van der Waals surface area contributed by atoms with Gasteiger partial charge in [0.15, 0.2) is 0 Å². The summed E-state index contributed by atoms with van der Waals surface area (Å²) in [5.74, 6) is -0.123. The molecule has 9 nitrogen and oxygen atoms in total. The fourth-order valence-electron chi connectivity index (χ4n) is 4.44. The summed E-state index contributed by atoms with van der Waals surface area (Å²) in [7, 11) is -6.12. The van der Waals surface area contributed by atoms with E-state index >= 15 is 0 Å². The SMILES string of the molecule is COc1ccc(S(=O)(=O)N(CC(=O)NCCc2ccc(S(=O)(=O)N3CCCC3)cc2)Cc2ccccc2)cc1Cl. The number of carbonyl (C=O) groups is 1. The first-order valence-corrected chi connectivity index (χ1v) is 16.1. The number of methoxy groups -OCH3 is 1. The van der Waals surface area contributed by atoms with E-state index in [2.05, 4.69) is 5.32 Å². The number of amides is 1. The van der Waals surface area contributed by atoms with Gasteiger partial charge < -0.3 is 10.1 Å². The number of rotatable bonds is 12. The van der Waals surface area contributed by atoms with Gasteiger partial charge in [-0.1, -0.05) is 54.1 Å². The van der Waals surface area contributed by atoms with Crippen molar-refractivity contribution in [1.29, 1.82) is 0 Å². The summed E-state index contributed by atoms with van der Waals surface area (Å²) < 4.78 is 60.2. The summed E-state index contributed by atoms with van der Waals surface area (Å²) in [5.41, 5.74) is 1.57. The Kier molecular flexibility index (Phi) is 9.85. The summed E-state index contributed by atoms with van der Waals surface area (Å²) >= 11 is 6.18. The Morgan fingerprint density at radius 3 is 2.20 bits per heavy atom. The summed E-state index contributed by atoms with van der Waals surface area (Å²) in [5, 5.41) is 2.92. The number of nitrogens with zero attached hydrogens (tertiary/aromatic N) is 2. The molecule has 0 unspecified atom stereocenters. The highest BCUT2D eigenvalue weighted by atomic mass is 35.5. The summed E-state index contributed by atoms with van der Waals surface area (Å²) in [4.78, 5) is 13.1. The van der Waals surface area contributed by atoms with Gasteiger partial charge in [-0.3, -0.25) is 4.79 Å². The zero-order chi connectivity index (χ0) is 28.8. The van der Waals surface area contributed by atoms with Crippen LogP contribution in [0.5, 0.6) is 5.75 Å². The minimum absolute atomic E-state index is 0.00675. The summed E-state index contributed by atoms with van der Waals surface area (Å²) in [6, 6.07) is 19.8. The third-order valence-electron chi connectivity index (χ3n) is 6.64. The minimum Gasteiger partial charge on any atom is -0.495 e. The first kappa shape index (κ1) is 30.0. The quantitative estimate of drug-likeness (QED) is 0.337. The molecule has 1 N–H and O–H groups in total. The third kappa shape index (κ3) is 7.21. The highest BCUT2D eigenvalue weighted by Crippen LogP contribution is 2.29. The average Bonchev–Trinajstić information content (AvgIpc) is 3.50. The molecule has 1 aliphatic rings. The van der Waals surface area contributed by atoms with Gasteiger partial charge in [0, 0.05) is 26.2 Å². The molecule has 214 valence electrons. The van der Waals surface area contributed by atoms with E-state index in [1.165, 1.54) is 29.6 Å². The van der Waals surface area contributed by atoms with Crippen LogP contribution in [0.3, 0.4) is 0 Å². The molecular weight excluding hydrogens is 574 g/mol. The first-order chi connectivity index (χ1) is 19.1. The fourth-order valence-corrected chi connectivity index (χ4v) is 7.69. The Morgan fingerprint density at radius 2 is 1.57 bits per heavy atom. The molecule has 12 heteroatoms. The average molecular weight is 606 g/mol. The third-order valence-corrected chi connectivity index (χ3v) is 10.6. The first-order valence-electron chi connectivity index (χ1n) is 12.8. The zero-order valence-electron chi connectivity index (χ0n) is 22.1. The maximum Gasteiger partial charge on any atom is 0.243 e. The van der Waals surface area contributed by atoms with Crippen molar-refractivity contribution in [1.82, 2.24) is 13.9 Å². The van der Waals surface area contributed by atoms with Crippen molar-refractivity contribution in [2.24, 2.45) is 0 Å². The molecule has 0 aliphatic carbocycles. The van der Waals surface area contributed by atoms with Crippen LogP contribution in [-0.2, 0) is 37.8 Å². The van der Waals surface area contributed by atoms with E-state index in [-0.39, 0.29) is 27.9 Å². The number of hydrogen-bond acceptors (Lipinski definition) is 6. The van der Waals surface area contributed by atoms with E-state index < -0.39 is 32.5 Å². The Hall–Kier alpha value is -2.96. The van der Waals surface area contributed by atoms with Gasteiger partial charge in [0.05, 0.1) is 28.5 Å². The molecule has 40 heavy (non-hydrogen) atoms. The lowest BCUT2D eigenvalue weighted by atomic mass is 10.1. The van der Waals surface area contributed by atoms with Crippen LogP contribution in [0, 0.1) is 0 Å². The van der Waals surface area contributed by atoms with Gasteiger partial charge in [-0.05, 0) is 60.7 Å². The van der Waals surface area contributed by atoms with Crippen LogP contribution in [0.2, 0.25) is 5.02 Å². The molecule has 1 saturated heterocycles. The van der Waals surface area contributed by atoms with E-state index in [1.54, 1.807) is 48.5 Å². The standard InChI is InChI=1S/C28H32ClN3O6S2/c1-38-27-14-13-25(19-26(27)29)40(36,37)32(20-23-7-3-2-4-8-23)21-28(33)30-16-15-22-9-11-24(12-10-22)39(34,35)31-17-5-6-18-31/h2-4,7-14,19H,5-6,15-18,20-21H2,1H3,(H,30,33). The lowest BCUT2D eigenvalue weighted by molar-refractivity contribution is -0.121. The Balaban J connectivity index is 1.41. The molecule has 1 fully saturated rings. The molecule has 1 aliphatic heterocycles. The second kappa shape index (κ2) is 13.1. The van der Waals surface area contributed by atoms with Crippen LogP contribution in [0.25, 0.3) is 0 Å². The molecule has 4 rings (SSSR count). The predicted octanol–water partition coefficient (Wildman–Crippen LogP) is 3.68. The van der Waals surface area contributed by atoms with Gasteiger partial charge in [-0.15, -0.1) is 0 Å². The van der Waals surface area contributed by atoms with Gasteiger partial charge >= 0.3 is 0 Å². The lowest BCUT2D eigenvalue weighted by Crippen LogP contribution is -2.40. The van der Waals surface area contributed by atoms with Crippen LogP contribution in [0.4, 0.5) is 0 Å². The molecule has 0 radical (unpaired) electrons. The molecule has 3 aromatic carbocycles. The maximum absolute atomic E-state index is 13.5. The summed E-state index contributed by atoms with van der Waals surface area (Å²) in [6.07, 6.45) is 2.19. The van der Waals surface area contributed by atoms with Crippen molar-refractivity contribution >= 4 is 37.6 Å². The molecule has 3 aromatic rings. The molecular formula is C28H32ClN3O6S2. The second-order valence-corrected chi connectivity index (χ2v) is 13.7. The molecule has 0 spiro atoms. The minimum atomic E-state index is -4.07. The fraction of sp³-hybridized carbons (Fsp3) is 0.321. The molecule has 1 amide bonds. The normalized spacial score (nSPS) is 14.4. The predicted molar refractivity (Wildman–Crippen MR) is 153 cm³/mol. The highest BCUT2D eigenvalue weighted by Gasteiger charge is 2.28. The van der Waals surface area contributed by atoms with Crippen LogP contribution in [0.1, 0.15) is 24.0 Å². The lowest BCUT2D eigenvalue weighted by Gasteiger charge is -2.22. The molecule has 0 bridgehead atoms. The Morgan fingerprint density at radius 1 is 0.925 bits per heavy atom. The van der Waals surface area contributed by atoms with Crippen molar-refractivity contribution in [3.8, 4) is 5.75 Å². The maximum atomic E-state index is 13.5. The van der Waals surface area contributed by atoms with E-state index in [9.17, 15) is 21.6 Å². The molecule has 1 heterocycles. The van der Waals surface area contributed by atoms with Crippen molar-refractivity contribution in [2.75, 3.05) is 33.3 Å². The van der Waals surface area contributed by atoms with Crippen molar-refractivity contribution in [3.05, 3.63) is 88.9 Å². The molecule has 0 saturated carbocycles. The molecule has 0 aromatic heterocycles. The smallest absolute Gasteiger partial charge is 0.243 e. The van der Waals surface area contributed by atoms with Gasteiger partial charge in [-0.25, -0.2) is 16.8 Å². The van der Waals surface area contributed by atoms with Crippen LogP contribution in [0.15, 0.2) is 82.6 Å². The van der Waals surface area contributed by atoms with Gasteiger partial charge in [0.1, 0.15) is 5.75 Å². The van der Waals surface area contributed by atoms with E-state index in [0.29, 0.717) is 25.3 Å². The number of benzene rings is 3. The highest BCUT2D eigenvalue weighted by molar-refractivity contribution is 7.89. The van der Waals surface area contributed by atoms with Crippen LogP contribution < -0.4 is 10.1 Å². The topological polar surface area (TPSA) is 113 Å². The van der Waals surface area contributed by atoms with Crippen LogP contribution >= 0.6 is 11.6 Å². The van der Waals surface area contributed by atoms with Crippen molar-refractivity contribution < 1.29 is 26.4 Å². The second-order valence-electron chi connectivity index (χ2n) is 9.41. The zero-order valence-corrected chi connectivity index (χ0v) is 24.5. The summed E-state index contributed by atoms with van der Waals surface area (Å²) in [6.45, 7) is 0.934. The Labute approximate surface area is 240 Å². The molecule has 0 atom stereocenters. The number of carbonyl (C=O) groups excluding carboxylic acids is 1. The van der Waals surface area contributed by atoms with E-state index in [1.807, 2.05) is 6.07 Å². The number of nitrogens with one attached hydrogen (secondary N) is 1. The number of halogens is 1. The largest absolute Gasteiger partial charge is 0.495 e. The monoisotopic (exact) mass is 605 g/mol. The Bertz CT molecular complexity index is 1530. The number of sulfonamides is 2. The van der Waals surface area contributed by atoms with Crippen LogP contribution in [-0.4, -0.2) is 64.6 Å². The van der Waals surface area contributed by atoms with Crippen molar-refractivity contribution in [2.45, 2.75) is 35.6 Å². The van der Waals surface area contributed by atoms with E-state index in [0.717, 1.165) is 28.3 Å². The van der Waals surface area contributed by atoms with Gasteiger partial charge in [0.25, 0.3) is 0 Å². The van der Waals surface area contributed by atoms with Gasteiger partial charge in [0.2, 0.25) is 26.0 Å². The van der Waals surface area contributed by atoms with Gasteiger partial charge in [-0.2, -0.15) is 8.61 Å².